The van der Waals surface area contributed by atoms with Gasteiger partial charge in [0.15, 0.2) is 4.34 Å². The lowest BCUT2D eigenvalue weighted by Gasteiger charge is -2.02. The number of nitrogens with zero attached hydrogens (tertiary/aromatic N) is 5. The van der Waals surface area contributed by atoms with Crippen molar-refractivity contribution in [2.24, 2.45) is 0 Å². The Morgan fingerprint density at radius 1 is 1.29 bits per heavy atom. The molecule has 0 amide bonds. The van der Waals surface area contributed by atoms with Crippen LogP contribution in [-0.2, 0) is 0 Å². The Labute approximate surface area is 107 Å². The Hall–Kier alpha value is -1.28. The highest BCUT2D eigenvalue weighted by molar-refractivity contribution is 8.01. The number of nitrogens with one attached hydrogen (secondary N) is 1. The molecule has 0 bridgehead atoms. The second-order valence-electron chi connectivity index (χ2n) is 3.18. The molecule has 0 saturated heterocycles. The zero-order chi connectivity index (χ0) is 11.9. The zero-order valence-electron chi connectivity index (χ0n) is 9.33. The molecule has 0 aliphatic rings. The predicted molar refractivity (Wildman–Crippen MR) is 68.3 cm³/mol. The highest BCUT2D eigenvalue weighted by atomic mass is 32.2. The van der Waals surface area contributed by atoms with Crippen molar-refractivity contribution in [3.8, 4) is 0 Å². The second-order valence-corrected chi connectivity index (χ2v) is 5.70. The smallest absolute Gasteiger partial charge is 0.225 e. The van der Waals surface area contributed by atoms with Crippen LogP contribution in [0.5, 0.6) is 0 Å². The molecule has 0 fully saturated rings. The first-order valence-corrected chi connectivity index (χ1v) is 6.93. The van der Waals surface area contributed by atoms with Gasteiger partial charge in [-0.15, -0.1) is 10.2 Å². The van der Waals surface area contributed by atoms with Gasteiger partial charge in [0.2, 0.25) is 5.95 Å². The number of aromatic nitrogens is 5. The summed E-state index contributed by atoms with van der Waals surface area (Å²) in [6, 6.07) is 0. The van der Waals surface area contributed by atoms with Gasteiger partial charge in [-0.3, -0.25) is 0 Å². The summed E-state index contributed by atoms with van der Waals surface area (Å²) in [5.41, 5.74) is 0. The standard InChI is InChI=1S/C9H12N6S2/c1-7-14-15-9(17-7)16-4-2-3-11-8-12-5-10-6-13-8/h5-6H,2-4H2,1H3,(H,10,11,12,13). The molecule has 0 aromatic carbocycles. The van der Waals surface area contributed by atoms with E-state index in [-0.39, 0.29) is 0 Å². The van der Waals surface area contributed by atoms with Gasteiger partial charge >= 0.3 is 0 Å². The van der Waals surface area contributed by atoms with Crippen LogP contribution in [0, 0.1) is 6.92 Å². The summed E-state index contributed by atoms with van der Waals surface area (Å²) in [7, 11) is 0. The average Bonchev–Trinajstić information content (AvgIpc) is 2.76. The lowest BCUT2D eigenvalue weighted by Crippen LogP contribution is -2.05. The first-order chi connectivity index (χ1) is 8.34. The van der Waals surface area contributed by atoms with Gasteiger partial charge in [0.05, 0.1) is 0 Å². The van der Waals surface area contributed by atoms with Gasteiger partial charge in [-0.2, -0.15) is 0 Å². The molecule has 0 aliphatic carbocycles. The Balaban J connectivity index is 1.61. The lowest BCUT2D eigenvalue weighted by atomic mass is 10.5. The first kappa shape index (κ1) is 12.2. The maximum atomic E-state index is 4.05. The van der Waals surface area contributed by atoms with E-state index >= 15 is 0 Å². The van der Waals surface area contributed by atoms with Gasteiger partial charge in [0.25, 0.3) is 0 Å². The maximum absolute atomic E-state index is 4.05. The van der Waals surface area contributed by atoms with Crippen molar-refractivity contribution in [2.45, 2.75) is 17.7 Å². The van der Waals surface area contributed by atoms with E-state index in [2.05, 4.69) is 30.5 Å². The van der Waals surface area contributed by atoms with Crippen molar-refractivity contribution in [1.29, 1.82) is 0 Å². The van der Waals surface area contributed by atoms with E-state index < -0.39 is 0 Å². The molecule has 0 aliphatic heterocycles. The summed E-state index contributed by atoms with van der Waals surface area (Å²) < 4.78 is 1.03. The van der Waals surface area contributed by atoms with Gasteiger partial charge in [-0.05, 0) is 13.3 Å². The molecular formula is C9H12N6S2. The third-order valence-electron chi connectivity index (χ3n) is 1.83. The van der Waals surface area contributed by atoms with E-state index in [0.29, 0.717) is 5.95 Å². The average molecular weight is 268 g/mol. The van der Waals surface area contributed by atoms with Crippen LogP contribution < -0.4 is 5.32 Å². The molecule has 2 aromatic rings. The highest BCUT2D eigenvalue weighted by Gasteiger charge is 2.00. The quantitative estimate of drug-likeness (QED) is 0.630. The molecule has 0 spiro atoms. The molecule has 0 unspecified atom stereocenters. The maximum Gasteiger partial charge on any atom is 0.225 e. The minimum Gasteiger partial charge on any atom is -0.354 e. The molecule has 8 heteroatoms. The Morgan fingerprint density at radius 3 is 2.82 bits per heavy atom. The Kier molecular flexibility index (Phi) is 4.63. The van der Waals surface area contributed by atoms with Crippen molar-refractivity contribution in [1.82, 2.24) is 25.1 Å². The zero-order valence-corrected chi connectivity index (χ0v) is 11.0. The van der Waals surface area contributed by atoms with Crippen LogP contribution in [0.3, 0.4) is 0 Å². The van der Waals surface area contributed by atoms with Crippen molar-refractivity contribution in [2.75, 3.05) is 17.6 Å². The Bertz CT molecular complexity index is 446. The van der Waals surface area contributed by atoms with Crippen LogP contribution in [0.25, 0.3) is 0 Å². The number of anilines is 1. The fourth-order valence-corrected chi connectivity index (χ4v) is 2.92. The lowest BCUT2D eigenvalue weighted by molar-refractivity contribution is 0.940. The van der Waals surface area contributed by atoms with Gasteiger partial charge in [-0.25, -0.2) is 15.0 Å². The number of hydrogen-bond acceptors (Lipinski definition) is 8. The van der Waals surface area contributed by atoms with Gasteiger partial charge in [0, 0.05) is 12.3 Å². The summed E-state index contributed by atoms with van der Waals surface area (Å²) in [5, 5.41) is 12.2. The van der Waals surface area contributed by atoms with Crippen molar-refractivity contribution >= 4 is 29.0 Å². The molecule has 0 radical (unpaired) electrons. The van der Waals surface area contributed by atoms with E-state index in [1.807, 2.05) is 6.92 Å². The molecule has 0 saturated carbocycles. The molecule has 2 rings (SSSR count). The van der Waals surface area contributed by atoms with E-state index in [4.69, 9.17) is 0 Å². The van der Waals surface area contributed by atoms with Crippen LogP contribution in [0.1, 0.15) is 11.4 Å². The number of aryl methyl sites for hydroxylation is 1. The van der Waals surface area contributed by atoms with E-state index in [1.54, 1.807) is 23.1 Å². The summed E-state index contributed by atoms with van der Waals surface area (Å²) in [6.45, 7) is 2.80. The van der Waals surface area contributed by atoms with Crippen LogP contribution in [-0.4, -0.2) is 37.4 Å². The fraction of sp³-hybridized carbons (Fsp3) is 0.444. The third-order valence-corrected chi connectivity index (χ3v) is 3.89. The monoisotopic (exact) mass is 268 g/mol. The largest absolute Gasteiger partial charge is 0.354 e. The Morgan fingerprint density at radius 2 is 2.12 bits per heavy atom. The van der Waals surface area contributed by atoms with E-state index in [9.17, 15) is 0 Å². The molecular weight excluding hydrogens is 256 g/mol. The summed E-state index contributed by atoms with van der Waals surface area (Å²) in [6.07, 6.45) is 3.98. The predicted octanol–water partition coefficient (Wildman–Crippen LogP) is 1.63. The molecule has 2 heterocycles. The van der Waals surface area contributed by atoms with Gasteiger partial charge in [0.1, 0.15) is 17.7 Å². The fourth-order valence-electron chi connectivity index (χ4n) is 1.10. The van der Waals surface area contributed by atoms with Crippen LogP contribution in [0.4, 0.5) is 5.95 Å². The third kappa shape index (κ3) is 4.23. The molecule has 6 nitrogen and oxygen atoms in total. The number of thioether (sulfide) groups is 1. The molecule has 1 N–H and O–H groups in total. The minimum absolute atomic E-state index is 0.622. The van der Waals surface area contributed by atoms with Crippen molar-refractivity contribution in [3.63, 3.8) is 0 Å². The second kappa shape index (κ2) is 6.45. The summed E-state index contributed by atoms with van der Waals surface area (Å²) in [5.74, 6) is 1.63. The normalized spacial score (nSPS) is 10.4. The van der Waals surface area contributed by atoms with E-state index in [1.165, 1.54) is 12.7 Å². The molecule has 90 valence electrons. The van der Waals surface area contributed by atoms with Crippen molar-refractivity contribution in [3.05, 3.63) is 17.7 Å². The van der Waals surface area contributed by atoms with E-state index in [0.717, 1.165) is 28.1 Å². The van der Waals surface area contributed by atoms with Gasteiger partial charge < -0.3 is 5.32 Å². The SMILES string of the molecule is Cc1nnc(SCCCNc2ncncn2)s1. The molecule has 17 heavy (non-hydrogen) atoms. The summed E-state index contributed by atoms with van der Waals surface area (Å²) >= 11 is 3.36. The summed E-state index contributed by atoms with van der Waals surface area (Å²) in [4.78, 5) is 11.7. The number of rotatable bonds is 6. The van der Waals surface area contributed by atoms with Crippen LogP contribution >= 0.6 is 23.1 Å². The van der Waals surface area contributed by atoms with Crippen LogP contribution in [0.15, 0.2) is 17.0 Å². The molecule has 2 aromatic heterocycles. The number of hydrogen-bond donors (Lipinski definition) is 1. The van der Waals surface area contributed by atoms with Gasteiger partial charge in [-0.1, -0.05) is 23.1 Å². The topological polar surface area (TPSA) is 76.5 Å². The van der Waals surface area contributed by atoms with Crippen LogP contribution in [0.2, 0.25) is 0 Å². The van der Waals surface area contributed by atoms with Crippen molar-refractivity contribution < 1.29 is 0 Å². The highest BCUT2D eigenvalue weighted by Crippen LogP contribution is 2.22. The minimum atomic E-state index is 0.622. The first-order valence-electron chi connectivity index (χ1n) is 5.13. The molecule has 0 atom stereocenters.